The van der Waals surface area contributed by atoms with Crippen LogP contribution in [0.25, 0.3) is 0 Å². The summed E-state index contributed by atoms with van der Waals surface area (Å²) < 4.78 is 5.20. The van der Waals surface area contributed by atoms with Gasteiger partial charge in [-0.15, -0.1) is 0 Å². The third-order valence-corrected chi connectivity index (χ3v) is 2.94. The molecule has 2 N–H and O–H groups in total. The van der Waals surface area contributed by atoms with Crippen molar-refractivity contribution in [1.29, 1.82) is 0 Å². The molecule has 0 spiro atoms. The molecule has 0 atom stereocenters. The number of hydrogen-bond acceptors (Lipinski definition) is 3. The Morgan fingerprint density at radius 3 is 2.74 bits per heavy atom. The monoisotopic (exact) mass is 259 g/mol. The molecule has 0 bridgehead atoms. The molecule has 4 heteroatoms. The van der Waals surface area contributed by atoms with Gasteiger partial charge in [-0.05, 0) is 23.6 Å². The molecular formula is C15H17NO3. The van der Waals surface area contributed by atoms with E-state index in [1.807, 2.05) is 18.2 Å². The molecule has 0 aliphatic carbocycles. The number of para-hydroxylation sites is 1. The van der Waals surface area contributed by atoms with Crippen LogP contribution in [0.5, 0.6) is 0 Å². The molecule has 0 unspecified atom stereocenters. The second-order valence-corrected chi connectivity index (χ2v) is 4.70. The van der Waals surface area contributed by atoms with Crippen LogP contribution in [0.3, 0.4) is 0 Å². The SMILES string of the molecule is CC(C)c1ccccc1NCc1cc(C(=O)O)co1. The van der Waals surface area contributed by atoms with Crippen LogP contribution < -0.4 is 5.32 Å². The highest BCUT2D eigenvalue weighted by Gasteiger charge is 2.09. The summed E-state index contributed by atoms with van der Waals surface area (Å²) in [6.45, 7) is 4.74. The van der Waals surface area contributed by atoms with E-state index < -0.39 is 5.97 Å². The highest BCUT2D eigenvalue weighted by Crippen LogP contribution is 2.24. The highest BCUT2D eigenvalue weighted by atomic mass is 16.4. The number of aromatic carboxylic acids is 1. The maximum Gasteiger partial charge on any atom is 0.338 e. The fourth-order valence-corrected chi connectivity index (χ4v) is 1.93. The first-order valence-electron chi connectivity index (χ1n) is 6.21. The molecule has 0 saturated heterocycles. The standard InChI is InChI=1S/C15H17NO3/c1-10(2)13-5-3-4-6-14(13)16-8-12-7-11(9-19-12)15(17)18/h3-7,9-10,16H,8H2,1-2H3,(H,17,18). The lowest BCUT2D eigenvalue weighted by atomic mass is 10.0. The van der Waals surface area contributed by atoms with E-state index in [-0.39, 0.29) is 5.56 Å². The summed E-state index contributed by atoms with van der Waals surface area (Å²) in [4.78, 5) is 10.8. The van der Waals surface area contributed by atoms with Gasteiger partial charge in [-0.2, -0.15) is 0 Å². The van der Waals surface area contributed by atoms with E-state index in [4.69, 9.17) is 9.52 Å². The van der Waals surface area contributed by atoms with Crippen molar-refractivity contribution in [3.8, 4) is 0 Å². The van der Waals surface area contributed by atoms with Crippen LogP contribution in [0, 0.1) is 0 Å². The predicted octanol–water partition coefficient (Wildman–Crippen LogP) is 3.71. The van der Waals surface area contributed by atoms with E-state index >= 15 is 0 Å². The third-order valence-electron chi connectivity index (χ3n) is 2.94. The Bertz CT molecular complexity index is 572. The summed E-state index contributed by atoms with van der Waals surface area (Å²) in [6.07, 6.45) is 1.26. The summed E-state index contributed by atoms with van der Waals surface area (Å²) >= 11 is 0. The summed E-state index contributed by atoms with van der Waals surface area (Å²) in [7, 11) is 0. The van der Waals surface area contributed by atoms with E-state index in [0.29, 0.717) is 18.2 Å². The lowest BCUT2D eigenvalue weighted by molar-refractivity contribution is 0.0696. The maximum atomic E-state index is 10.8. The minimum Gasteiger partial charge on any atom is -0.478 e. The zero-order valence-electron chi connectivity index (χ0n) is 11.0. The second kappa shape index (κ2) is 5.61. The number of furan rings is 1. The average Bonchev–Trinajstić information content (AvgIpc) is 2.85. The Hall–Kier alpha value is -2.23. The van der Waals surface area contributed by atoms with E-state index in [1.54, 1.807) is 0 Å². The van der Waals surface area contributed by atoms with Gasteiger partial charge in [0.2, 0.25) is 0 Å². The molecule has 0 aliphatic rings. The molecule has 100 valence electrons. The molecular weight excluding hydrogens is 242 g/mol. The minimum absolute atomic E-state index is 0.175. The van der Waals surface area contributed by atoms with Gasteiger partial charge in [0, 0.05) is 5.69 Å². The summed E-state index contributed by atoms with van der Waals surface area (Å²) in [5.41, 5.74) is 2.45. The molecule has 0 saturated carbocycles. The molecule has 0 fully saturated rings. The van der Waals surface area contributed by atoms with Crippen molar-refractivity contribution < 1.29 is 14.3 Å². The molecule has 0 aliphatic heterocycles. The zero-order valence-corrected chi connectivity index (χ0v) is 11.0. The van der Waals surface area contributed by atoms with Crippen LogP contribution in [0.4, 0.5) is 5.69 Å². The van der Waals surface area contributed by atoms with E-state index in [9.17, 15) is 4.79 Å². The van der Waals surface area contributed by atoms with Gasteiger partial charge in [-0.3, -0.25) is 0 Å². The van der Waals surface area contributed by atoms with Crippen molar-refractivity contribution in [2.24, 2.45) is 0 Å². The molecule has 1 aromatic heterocycles. The van der Waals surface area contributed by atoms with Gasteiger partial charge in [0.1, 0.15) is 12.0 Å². The van der Waals surface area contributed by atoms with Crippen molar-refractivity contribution >= 4 is 11.7 Å². The molecule has 0 radical (unpaired) electrons. The van der Waals surface area contributed by atoms with Crippen LogP contribution in [0.15, 0.2) is 41.0 Å². The molecule has 2 rings (SSSR count). The first kappa shape index (κ1) is 13.2. The van der Waals surface area contributed by atoms with Crippen molar-refractivity contribution in [3.63, 3.8) is 0 Å². The fraction of sp³-hybridized carbons (Fsp3) is 0.267. The topological polar surface area (TPSA) is 62.5 Å². The Labute approximate surface area is 112 Å². The van der Waals surface area contributed by atoms with Gasteiger partial charge in [0.05, 0.1) is 12.1 Å². The van der Waals surface area contributed by atoms with E-state index in [0.717, 1.165) is 5.69 Å². The normalized spacial score (nSPS) is 10.7. The summed E-state index contributed by atoms with van der Waals surface area (Å²) in [5.74, 6) is 0.0587. The third kappa shape index (κ3) is 3.16. The predicted molar refractivity (Wildman–Crippen MR) is 73.5 cm³/mol. The number of rotatable bonds is 5. The van der Waals surface area contributed by atoms with Gasteiger partial charge in [0.15, 0.2) is 0 Å². The van der Waals surface area contributed by atoms with Gasteiger partial charge in [-0.25, -0.2) is 4.79 Å². The van der Waals surface area contributed by atoms with Crippen molar-refractivity contribution in [2.45, 2.75) is 26.3 Å². The van der Waals surface area contributed by atoms with Crippen molar-refractivity contribution in [1.82, 2.24) is 0 Å². The first-order valence-corrected chi connectivity index (χ1v) is 6.21. The number of anilines is 1. The maximum absolute atomic E-state index is 10.8. The quantitative estimate of drug-likeness (QED) is 0.859. The number of carbonyl (C=O) groups is 1. The Balaban J connectivity index is 2.08. The Kier molecular flexibility index (Phi) is 3.90. The summed E-state index contributed by atoms with van der Waals surface area (Å²) in [6, 6.07) is 9.61. The van der Waals surface area contributed by atoms with Gasteiger partial charge in [0.25, 0.3) is 0 Å². The van der Waals surface area contributed by atoms with Gasteiger partial charge in [-0.1, -0.05) is 32.0 Å². The Morgan fingerprint density at radius 2 is 2.11 bits per heavy atom. The van der Waals surface area contributed by atoms with Crippen LogP contribution in [-0.4, -0.2) is 11.1 Å². The van der Waals surface area contributed by atoms with Crippen molar-refractivity contribution in [3.05, 3.63) is 53.5 Å². The largest absolute Gasteiger partial charge is 0.478 e. The van der Waals surface area contributed by atoms with Crippen LogP contribution in [0.1, 0.15) is 41.4 Å². The molecule has 19 heavy (non-hydrogen) atoms. The lowest BCUT2D eigenvalue weighted by Gasteiger charge is -2.13. The van der Waals surface area contributed by atoms with Crippen molar-refractivity contribution in [2.75, 3.05) is 5.32 Å². The first-order chi connectivity index (χ1) is 9.08. The zero-order chi connectivity index (χ0) is 13.8. The second-order valence-electron chi connectivity index (χ2n) is 4.70. The van der Waals surface area contributed by atoms with Gasteiger partial charge < -0.3 is 14.8 Å². The molecule has 1 heterocycles. The average molecular weight is 259 g/mol. The number of carboxylic acids is 1. The van der Waals surface area contributed by atoms with Gasteiger partial charge >= 0.3 is 5.97 Å². The molecule has 2 aromatic rings. The summed E-state index contributed by atoms with van der Waals surface area (Å²) in [5, 5.41) is 12.1. The fourth-order valence-electron chi connectivity index (χ4n) is 1.93. The number of hydrogen-bond donors (Lipinski definition) is 2. The highest BCUT2D eigenvalue weighted by molar-refractivity contribution is 5.87. The Morgan fingerprint density at radius 1 is 1.37 bits per heavy atom. The van der Waals surface area contributed by atoms with E-state index in [2.05, 4.69) is 25.2 Å². The minimum atomic E-state index is -0.974. The number of carboxylic acid groups (broad SMARTS) is 1. The number of nitrogens with one attached hydrogen (secondary N) is 1. The molecule has 4 nitrogen and oxygen atoms in total. The van der Waals surface area contributed by atoms with Crippen LogP contribution in [0.2, 0.25) is 0 Å². The smallest absolute Gasteiger partial charge is 0.338 e. The van der Waals surface area contributed by atoms with E-state index in [1.165, 1.54) is 17.9 Å². The lowest BCUT2D eigenvalue weighted by Crippen LogP contribution is -2.02. The van der Waals surface area contributed by atoms with Crippen LogP contribution in [-0.2, 0) is 6.54 Å². The van der Waals surface area contributed by atoms with Crippen LogP contribution >= 0.6 is 0 Å². The molecule has 1 aromatic carbocycles. The molecule has 0 amide bonds. The number of benzene rings is 1.